The molecule has 5 N–H and O–H groups in total. The van der Waals surface area contributed by atoms with Crippen LogP contribution in [0.1, 0.15) is 10.4 Å². The normalized spacial score (nSPS) is 10.4. The lowest BCUT2D eigenvalue weighted by atomic mass is 10.1. The van der Waals surface area contributed by atoms with Crippen LogP contribution in [0.15, 0.2) is 48.7 Å². The Kier molecular flexibility index (Phi) is 4.64. The minimum atomic E-state index is -1.35. The summed E-state index contributed by atoms with van der Waals surface area (Å²) in [4.78, 5) is 36.9. The van der Waals surface area contributed by atoms with Gasteiger partial charge in [0.15, 0.2) is 0 Å². The van der Waals surface area contributed by atoms with Gasteiger partial charge in [-0.05, 0) is 18.2 Å². The zero-order valence-electron chi connectivity index (χ0n) is 14.1. The lowest BCUT2D eigenvalue weighted by molar-refractivity contribution is -0.384. The number of carboxylic acid groups (broad SMARTS) is 2. The van der Waals surface area contributed by atoms with Crippen molar-refractivity contribution in [2.75, 3.05) is 11.1 Å². The number of carboxylic acids is 1. The first-order valence-electron chi connectivity index (χ1n) is 7.73. The number of nitro benzene ring substituents is 1. The zero-order valence-corrected chi connectivity index (χ0v) is 14.1. The summed E-state index contributed by atoms with van der Waals surface area (Å²) in [6, 6.07) is 9.51. The third-order valence-corrected chi connectivity index (χ3v) is 3.83. The third-order valence-electron chi connectivity index (χ3n) is 3.83. The lowest BCUT2D eigenvalue weighted by Crippen LogP contribution is -2.12. The van der Waals surface area contributed by atoms with Crippen molar-refractivity contribution in [2.24, 2.45) is 0 Å². The smallest absolute Gasteiger partial charge is 0.409 e. The van der Waals surface area contributed by atoms with Crippen LogP contribution in [0.2, 0.25) is 0 Å². The Morgan fingerprint density at radius 1 is 1.18 bits per heavy atom. The fourth-order valence-electron chi connectivity index (χ4n) is 2.59. The Bertz CT molecular complexity index is 1110. The van der Waals surface area contributed by atoms with Crippen LogP contribution in [0, 0.1) is 10.1 Å². The van der Waals surface area contributed by atoms with E-state index in [0.29, 0.717) is 11.3 Å². The molecular formula is C17H13N5O6. The average Bonchev–Trinajstić information content (AvgIpc) is 3.03. The van der Waals surface area contributed by atoms with E-state index in [-0.39, 0.29) is 28.6 Å². The first kappa shape index (κ1) is 18.4. The molecule has 2 aromatic carbocycles. The molecule has 1 heterocycles. The Morgan fingerprint density at radius 3 is 2.57 bits per heavy atom. The minimum absolute atomic E-state index is 0.0579. The highest BCUT2D eigenvalue weighted by atomic mass is 16.6. The van der Waals surface area contributed by atoms with E-state index in [1.807, 2.05) is 0 Å². The standard InChI is InChI=1S/C17H13N5O6/c18-16-19-13(9-2-1-3-11(6-9)22(27)28)8-21(16)14-7-10(15(23)24)4-5-12(14)20-17(25)26/h1-8,20H,(H2,18,19)(H,23,24)(H,25,26). The number of hydrogen-bond donors (Lipinski definition) is 4. The zero-order chi connectivity index (χ0) is 20.4. The fraction of sp³-hybridized carbons (Fsp3) is 0. The Labute approximate surface area is 156 Å². The van der Waals surface area contributed by atoms with Crippen molar-refractivity contribution >= 4 is 29.4 Å². The number of aromatic carboxylic acids is 1. The van der Waals surface area contributed by atoms with Crippen molar-refractivity contribution in [1.82, 2.24) is 9.55 Å². The summed E-state index contributed by atoms with van der Waals surface area (Å²) in [6.45, 7) is 0. The molecule has 1 amide bonds. The number of nitro groups is 1. The van der Waals surface area contributed by atoms with Crippen molar-refractivity contribution in [3.05, 3.63) is 64.3 Å². The molecule has 0 saturated heterocycles. The molecule has 0 aliphatic heterocycles. The largest absolute Gasteiger partial charge is 0.478 e. The average molecular weight is 383 g/mol. The molecule has 0 radical (unpaired) electrons. The van der Waals surface area contributed by atoms with Gasteiger partial charge in [0.25, 0.3) is 5.69 Å². The summed E-state index contributed by atoms with van der Waals surface area (Å²) in [5.41, 5.74) is 6.66. The summed E-state index contributed by atoms with van der Waals surface area (Å²) in [5, 5.41) is 31.3. The third kappa shape index (κ3) is 3.58. The first-order chi connectivity index (χ1) is 13.3. The maximum Gasteiger partial charge on any atom is 0.409 e. The van der Waals surface area contributed by atoms with Gasteiger partial charge in [0.05, 0.1) is 27.6 Å². The fourth-order valence-corrected chi connectivity index (χ4v) is 2.59. The first-order valence-corrected chi connectivity index (χ1v) is 7.73. The number of aromatic nitrogens is 2. The second-order valence-electron chi connectivity index (χ2n) is 5.63. The van der Waals surface area contributed by atoms with E-state index >= 15 is 0 Å². The Balaban J connectivity index is 2.13. The summed E-state index contributed by atoms with van der Waals surface area (Å²) >= 11 is 0. The maximum atomic E-state index is 11.3. The van der Waals surface area contributed by atoms with Gasteiger partial charge < -0.3 is 15.9 Å². The SMILES string of the molecule is Nc1nc(-c2cccc([N+](=O)[O-])c2)cn1-c1cc(C(=O)O)ccc1NC(=O)O. The topological polar surface area (TPSA) is 174 Å². The number of benzene rings is 2. The molecule has 0 bridgehead atoms. The molecule has 28 heavy (non-hydrogen) atoms. The molecule has 3 aromatic rings. The summed E-state index contributed by atoms with van der Waals surface area (Å²) in [5.74, 6) is -1.27. The van der Waals surface area contributed by atoms with Gasteiger partial charge in [-0.2, -0.15) is 0 Å². The molecule has 3 rings (SSSR count). The molecule has 11 heteroatoms. The van der Waals surface area contributed by atoms with Crippen molar-refractivity contribution in [2.45, 2.75) is 0 Å². The minimum Gasteiger partial charge on any atom is -0.478 e. The van der Waals surface area contributed by atoms with E-state index < -0.39 is 17.0 Å². The predicted octanol–water partition coefficient (Wildman–Crippen LogP) is 2.82. The number of hydrogen-bond acceptors (Lipinski definition) is 6. The van der Waals surface area contributed by atoms with Gasteiger partial charge in [-0.25, -0.2) is 14.6 Å². The van der Waals surface area contributed by atoms with Crippen LogP contribution in [0.5, 0.6) is 0 Å². The van der Waals surface area contributed by atoms with Crippen molar-refractivity contribution in [1.29, 1.82) is 0 Å². The Morgan fingerprint density at radius 2 is 1.93 bits per heavy atom. The van der Waals surface area contributed by atoms with E-state index in [1.165, 1.54) is 47.2 Å². The second-order valence-corrected chi connectivity index (χ2v) is 5.63. The van der Waals surface area contributed by atoms with Gasteiger partial charge in [-0.3, -0.25) is 20.0 Å². The van der Waals surface area contributed by atoms with Gasteiger partial charge >= 0.3 is 12.1 Å². The number of nitrogens with one attached hydrogen (secondary N) is 1. The van der Waals surface area contributed by atoms with Crippen molar-refractivity contribution < 1.29 is 24.7 Å². The van der Waals surface area contributed by atoms with Crippen molar-refractivity contribution in [3.8, 4) is 16.9 Å². The molecule has 142 valence electrons. The van der Waals surface area contributed by atoms with Crippen LogP contribution < -0.4 is 11.1 Å². The van der Waals surface area contributed by atoms with Crippen LogP contribution in [-0.2, 0) is 0 Å². The van der Waals surface area contributed by atoms with Gasteiger partial charge in [0, 0.05) is 23.9 Å². The van der Waals surface area contributed by atoms with Gasteiger partial charge in [0.2, 0.25) is 5.95 Å². The van der Waals surface area contributed by atoms with E-state index in [1.54, 1.807) is 6.07 Å². The molecule has 0 fully saturated rings. The number of amides is 1. The number of rotatable bonds is 5. The Hall–Kier alpha value is -4.41. The van der Waals surface area contributed by atoms with E-state index in [0.717, 1.165) is 0 Å². The van der Waals surface area contributed by atoms with Crippen LogP contribution >= 0.6 is 0 Å². The molecule has 0 spiro atoms. The number of anilines is 2. The molecular weight excluding hydrogens is 370 g/mol. The van der Waals surface area contributed by atoms with E-state index in [9.17, 15) is 24.8 Å². The number of nitrogens with zero attached hydrogens (tertiary/aromatic N) is 3. The van der Waals surface area contributed by atoms with Crippen LogP contribution in [0.3, 0.4) is 0 Å². The predicted molar refractivity (Wildman–Crippen MR) is 98.7 cm³/mol. The highest BCUT2D eigenvalue weighted by molar-refractivity contribution is 5.92. The monoisotopic (exact) mass is 383 g/mol. The number of non-ortho nitro benzene ring substituents is 1. The van der Waals surface area contributed by atoms with Gasteiger partial charge in [-0.15, -0.1) is 0 Å². The number of carbonyl (C=O) groups is 2. The highest BCUT2D eigenvalue weighted by Gasteiger charge is 2.17. The van der Waals surface area contributed by atoms with Gasteiger partial charge in [-0.1, -0.05) is 12.1 Å². The molecule has 1 aromatic heterocycles. The maximum absolute atomic E-state index is 11.3. The summed E-state index contributed by atoms with van der Waals surface area (Å²) in [6.07, 6.45) is 0.0875. The lowest BCUT2D eigenvalue weighted by Gasteiger charge is -2.12. The van der Waals surface area contributed by atoms with Crippen LogP contribution in [0.25, 0.3) is 16.9 Å². The molecule has 0 saturated carbocycles. The van der Waals surface area contributed by atoms with Crippen LogP contribution in [-0.4, -0.2) is 36.7 Å². The summed E-state index contributed by atoms with van der Waals surface area (Å²) < 4.78 is 1.30. The quantitative estimate of drug-likeness (QED) is 0.384. The molecule has 0 atom stereocenters. The second kappa shape index (κ2) is 7.07. The molecule has 0 aliphatic carbocycles. The summed E-state index contributed by atoms with van der Waals surface area (Å²) in [7, 11) is 0. The number of nitrogens with two attached hydrogens (primary N) is 1. The van der Waals surface area contributed by atoms with E-state index in [4.69, 9.17) is 10.8 Å². The number of imidazole rings is 1. The van der Waals surface area contributed by atoms with Crippen LogP contribution in [0.4, 0.5) is 22.1 Å². The van der Waals surface area contributed by atoms with E-state index in [2.05, 4.69) is 10.3 Å². The molecule has 0 unspecified atom stereocenters. The molecule has 11 nitrogen and oxygen atoms in total. The molecule has 0 aliphatic rings. The number of nitrogen functional groups attached to an aromatic ring is 1. The highest BCUT2D eigenvalue weighted by Crippen LogP contribution is 2.29. The van der Waals surface area contributed by atoms with Crippen molar-refractivity contribution in [3.63, 3.8) is 0 Å². The van der Waals surface area contributed by atoms with Gasteiger partial charge in [0.1, 0.15) is 0 Å².